The van der Waals surface area contributed by atoms with E-state index in [1.807, 2.05) is 24.3 Å². The second kappa shape index (κ2) is 9.88. The van der Waals surface area contributed by atoms with Gasteiger partial charge in [0.2, 0.25) is 5.91 Å². The molecule has 1 N–H and O–H groups in total. The molecule has 0 atom stereocenters. The number of carbonyl (C=O) groups is 1. The Labute approximate surface area is 171 Å². The Hall–Kier alpha value is -3.13. The molecule has 2 aromatic carbocycles. The van der Waals surface area contributed by atoms with E-state index in [-0.39, 0.29) is 36.1 Å². The van der Waals surface area contributed by atoms with Crippen molar-refractivity contribution in [3.05, 3.63) is 76.8 Å². The molecule has 0 aliphatic rings. The zero-order valence-electron chi connectivity index (χ0n) is 15.8. The zero-order chi connectivity index (χ0) is 20.6. The van der Waals surface area contributed by atoms with E-state index < -0.39 is 0 Å². The van der Waals surface area contributed by atoms with E-state index in [4.69, 9.17) is 4.74 Å². The van der Waals surface area contributed by atoms with Gasteiger partial charge in [-0.3, -0.25) is 9.59 Å². The Kier molecular flexibility index (Phi) is 7.02. The van der Waals surface area contributed by atoms with Crippen LogP contribution in [0.3, 0.4) is 0 Å². The van der Waals surface area contributed by atoms with Gasteiger partial charge in [0.15, 0.2) is 0 Å². The molecule has 0 aliphatic heterocycles. The summed E-state index contributed by atoms with van der Waals surface area (Å²) in [4.78, 5) is 24.8. The monoisotopic (exact) mass is 413 g/mol. The van der Waals surface area contributed by atoms with Crippen LogP contribution in [0, 0.1) is 5.82 Å². The first-order valence-corrected chi connectivity index (χ1v) is 9.91. The first kappa shape index (κ1) is 20.6. The molecular weight excluding hydrogens is 393 g/mol. The zero-order valence-corrected chi connectivity index (χ0v) is 16.6. The van der Waals surface area contributed by atoms with E-state index in [1.54, 1.807) is 25.3 Å². The Morgan fingerprint density at radius 2 is 1.83 bits per heavy atom. The third-order valence-corrected chi connectivity index (χ3v) is 5.09. The molecule has 0 unspecified atom stereocenters. The molecule has 8 heteroatoms. The molecule has 0 saturated heterocycles. The molecule has 3 aromatic rings. The number of ether oxygens (including phenoxy) is 1. The molecule has 1 heterocycles. The van der Waals surface area contributed by atoms with Crippen LogP contribution in [-0.2, 0) is 11.3 Å². The minimum absolute atomic E-state index is 0.168. The number of aromatic nitrogens is 2. The maximum atomic E-state index is 12.9. The van der Waals surface area contributed by atoms with Gasteiger partial charge in [0.05, 0.1) is 25.1 Å². The summed E-state index contributed by atoms with van der Waals surface area (Å²) >= 11 is 1.32. The Bertz CT molecular complexity index is 1020. The number of hydrogen-bond acceptors (Lipinski definition) is 5. The molecule has 29 heavy (non-hydrogen) atoms. The molecular formula is C21H20FN3O3S. The number of nitrogens with one attached hydrogen (secondary N) is 1. The third-order valence-electron chi connectivity index (χ3n) is 4.08. The summed E-state index contributed by atoms with van der Waals surface area (Å²) < 4.78 is 19.4. The smallest absolute Gasteiger partial charge is 0.266 e. The topological polar surface area (TPSA) is 73.2 Å². The van der Waals surface area contributed by atoms with Gasteiger partial charge in [0, 0.05) is 23.1 Å². The van der Waals surface area contributed by atoms with Gasteiger partial charge in [-0.25, -0.2) is 9.07 Å². The average molecular weight is 413 g/mol. The van der Waals surface area contributed by atoms with Crippen LogP contribution in [-0.4, -0.2) is 35.1 Å². The maximum absolute atomic E-state index is 12.9. The lowest BCUT2D eigenvalue weighted by Gasteiger charge is -2.09. The summed E-state index contributed by atoms with van der Waals surface area (Å²) in [5.41, 5.74) is 1.28. The fourth-order valence-corrected chi connectivity index (χ4v) is 3.29. The number of hydrogen-bond donors (Lipinski definition) is 1. The van der Waals surface area contributed by atoms with Gasteiger partial charge in [-0.1, -0.05) is 0 Å². The lowest BCUT2D eigenvalue weighted by atomic mass is 10.1. The van der Waals surface area contributed by atoms with Crippen molar-refractivity contribution in [1.82, 2.24) is 15.1 Å². The van der Waals surface area contributed by atoms with Crippen molar-refractivity contribution < 1.29 is 13.9 Å². The van der Waals surface area contributed by atoms with Crippen LogP contribution in [0.2, 0.25) is 0 Å². The summed E-state index contributed by atoms with van der Waals surface area (Å²) in [6.07, 6.45) is 0. The SMILES string of the molecule is COc1ccc(-c2ccc(=O)n(CCNC(=O)CSc3ccc(F)cc3)n2)cc1. The Balaban J connectivity index is 1.53. The first-order chi connectivity index (χ1) is 14.0. The van der Waals surface area contributed by atoms with Gasteiger partial charge < -0.3 is 10.1 Å². The van der Waals surface area contributed by atoms with E-state index in [2.05, 4.69) is 10.4 Å². The molecule has 0 saturated carbocycles. The van der Waals surface area contributed by atoms with Crippen molar-refractivity contribution in [2.75, 3.05) is 19.4 Å². The van der Waals surface area contributed by atoms with E-state index >= 15 is 0 Å². The molecule has 3 rings (SSSR count). The molecule has 0 fully saturated rings. The number of benzene rings is 2. The fourth-order valence-electron chi connectivity index (χ4n) is 2.56. The van der Waals surface area contributed by atoms with Gasteiger partial charge in [0.25, 0.3) is 5.56 Å². The first-order valence-electron chi connectivity index (χ1n) is 8.93. The lowest BCUT2D eigenvalue weighted by Crippen LogP contribution is -2.32. The highest BCUT2D eigenvalue weighted by molar-refractivity contribution is 8.00. The summed E-state index contributed by atoms with van der Waals surface area (Å²) in [7, 11) is 1.60. The quantitative estimate of drug-likeness (QED) is 0.575. The summed E-state index contributed by atoms with van der Waals surface area (Å²) in [6, 6.07) is 16.5. The van der Waals surface area contributed by atoms with Gasteiger partial charge in [-0.15, -0.1) is 11.8 Å². The highest BCUT2D eigenvalue weighted by Crippen LogP contribution is 2.19. The van der Waals surface area contributed by atoms with Crippen LogP contribution in [0.5, 0.6) is 5.75 Å². The average Bonchev–Trinajstić information content (AvgIpc) is 2.75. The van der Waals surface area contributed by atoms with Gasteiger partial charge in [0.1, 0.15) is 11.6 Å². The second-order valence-electron chi connectivity index (χ2n) is 6.10. The summed E-state index contributed by atoms with van der Waals surface area (Å²) in [6.45, 7) is 0.539. The standard InChI is InChI=1S/C21H20FN3O3S/c1-28-17-6-2-15(3-7-17)19-10-11-21(27)25(24-19)13-12-23-20(26)14-29-18-8-4-16(22)5-9-18/h2-11H,12-14H2,1H3,(H,23,26). The number of thioether (sulfide) groups is 1. The Morgan fingerprint density at radius 3 is 2.52 bits per heavy atom. The lowest BCUT2D eigenvalue weighted by molar-refractivity contribution is -0.118. The van der Waals surface area contributed by atoms with Gasteiger partial charge in [-0.2, -0.15) is 5.10 Å². The molecule has 1 aromatic heterocycles. The molecule has 0 radical (unpaired) electrons. The number of nitrogens with zero attached hydrogens (tertiary/aromatic N) is 2. The van der Waals surface area contributed by atoms with Crippen molar-refractivity contribution in [3.63, 3.8) is 0 Å². The van der Waals surface area contributed by atoms with Crippen LogP contribution in [0.1, 0.15) is 0 Å². The summed E-state index contributed by atoms with van der Waals surface area (Å²) in [5.74, 6) is 0.468. The van der Waals surface area contributed by atoms with E-state index in [1.165, 1.54) is 34.6 Å². The minimum atomic E-state index is -0.311. The number of carbonyl (C=O) groups excluding carboxylic acids is 1. The molecule has 0 spiro atoms. The largest absolute Gasteiger partial charge is 0.497 e. The normalized spacial score (nSPS) is 10.6. The van der Waals surface area contributed by atoms with E-state index in [0.717, 1.165) is 16.2 Å². The number of amides is 1. The number of methoxy groups -OCH3 is 1. The molecule has 6 nitrogen and oxygen atoms in total. The van der Waals surface area contributed by atoms with Gasteiger partial charge in [-0.05, 0) is 54.6 Å². The van der Waals surface area contributed by atoms with Crippen LogP contribution in [0.25, 0.3) is 11.3 Å². The minimum Gasteiger partial charge on any atom is -0.497 e. The summed E-state index contributed by atoms with van der Waals surface area (Å²) in [5, 5.41) is 7.13. The van der Waals surface area contributed by atoms with Crippen LogP contribution < -0.4 is 15.6 Å². The fraction of sp³-hybridized carbons (Fsp3) is 0.190. The second-order valence-corrected chi connectivity index (χ2v) is 7.15. The highest BCUT2D eigenvalue weighted by atomic mass is 32.2. The van der Waals surface area contributed by atoms with Crippen molar-refractivity contribution in [1.29, 1.82) is 0 Å². The maximum Gasteiger partial charge on any atom is 0.266 e. The van der Waals surface area contributed by atoms with Crippen molar-refractivity contribution >= 4 is 17.7 Å². The Morgan fingerprint density at radius 1 is 1.10 bits per heavy atom. The van der Waals surface area contributed by atoms with Crippen LogP contribution >= 0.6 is 11.8 Å². The van der Waals surface area contributed by atoms with Gasteiger partial charge >= 0.3 is 0 Å². The van der Waals surface area contributed by atoms with E-state index in [0.29, 0.717) is 5.69 Å². The van der Waals surface area contributed by atoms with Crippen molar-refractivity contribution in [3.8, 4) is 17.0 Å². The highest BCUT2D eigenvalue weighted by Gasteiger charge is 2.06. The molecule has 0 aliphatic carbocycles. The molecule has 0 bridgehead atoms. The molecule has 150 valence electrons. The van der Waals surface area contributed by atoms with Crippen LogP contribution in [0.4, 0.5) is 4.39 Å². The predicted octanol–water partition coefficient (Wildman–Crippen LogP) is 2.97. The number of halogens is 1. The van der Waals surface area contributed by atoms with Crippen molar-refractivity contribution in [2.24, 2.45) is 0 Å². The van der Waals surface area contributed by atoms with Crippen molar-refractivity contribution in [2.45, 2.75) is 11.4 Å². The molecule has 1 amide bonds. The van der Waals surface area contributed by atoms with E-state index in [9.17, 15) is 14.0 Å². The predicted molar refractivity (Wildman–Crippen MR) is 111 cm³/mol. The number of rotatable bonds is 8. The van der Waals surface area contributed by atoms with Crippen LogP contribution in [0.15, 0.2) is 70.4 Å². The third kappa shape index (κ3) is 5.92.